The molecular weight excluding hydrogens is 260 g/mol. The first-order chi connectivity index (χ1) is 8.54. The molecule has 0 heterocycles. The average Bonchev–Trinajstić information content (AvgIpc) is 2.26. The first kappa shape index (κ1) is 15.0. The van der Waals surface area contributed by atoms with Gasteiger partial charge in [-0.3, -0.25) is 0 Å². The van der Waals surface area contributed by atoms with Gasteiger partial charge >= 0.3 is 0 Å². The van der Waals surface area contributed by atoms with Crippen LogP contribution >= 0.6 is 12.4 Å². The molecule has 102 valence electrons. The van der Waals surface area contributed by atoms with Crippen LogP contribution in [0.15, 0.2) is 36.4 Å². The van der Waals surface area contributed by atoms with Crippen molar-refractivity contribution in [1.82, 2.24) is 0 Å². The maximum absolute atomic E-state index is 5.75. The maximum Gasteiger partial charge on any atom is 0.0402 e. The Morgan fingerprint density at radius 3 is 2.11 bits per heavy atom. The minimum Gasteiger partial charge on any atom is -0.399 e. The molecule has 0 aliphatic rings. The predicted octanol–water partition coefficient (Wildman–Crippen LogP) is 2.78. The Kier molecular flexibility index (Phi) is 4.89. The van der Waals surface area contributed by atoms with Crippen molar-refractivity contribution in [3.05, 3.63) is 47.5 Å². The van der Waals surface area contributed by atoms with Gasteiger partial charge in [0.05, 0.1) is 0 Å². The summed E-state index contributed by atoms with van der Waals surface area (Å²) in [7, 11) is 0. The molecule has 0 radical (unpaired) electrons. The van der Waals surface area contributed by atoms with Crippen molar-refractivity contribution in [3.63, 3.8) is 0 Å². The lowest BCUT2D eigenvalue weighted by Crippen LogP contribution is -2.03. The number of benzene rings is 2. The van der Waals surface area contributed by atoms with Gasteiger partial charge in [-0.05, 0) is 54.4 Å². The van der Waals surface area contributed by atoms with E-state index in [1.807, 2.05) is 37.3 Å². The molecule has 0 bridgehead atoms. The molecule has 0 aliphatic carbocycles. The van der Waals surface area contributed by atoms with Crippen molar-refractivity contribution in [2.45, 2.75) is 13.5 Å². The van der Waals surface area contributed by atoms with Gasteiger partial charge in [0.25, 0.3) is 0 Å². The van der Waals surface area contributed by atoms with Crippen molar-refractivity contribution < 1.29 is 0 Å². The molecule has 2 aromatic carbocycles. The van der Waals surface area contributed by atoms with Crippen LogP contribution in [0.3, 0.4) is 0 Å². The molecule has 0 fully saturated rings. The number of nitrogen functional groups attached to an aromatic ring is 3. The second kappa shape index (κ2) is 6.20. The number of nitrogens with two attached hydrogens (primary N) is 3. The zero-order chi connectivity index (χ0) is 13.1. The van der Waals surface area contributed by atoms with Crippen LogP contribution in [0.2, 0.25) is 0 Å². The van der Waals surface area contributed by atoms with E-state index in [1.54, 1.807) is 6.07 Å². The van der Waals surface area contributed by atoms with Crippen LogP contribution in [-0.4, -0.2) is 0 Å². The predicted molar refractivity (Wildman–Crippen MR) is 85.4 cm³/mol. The minimum atomic E-state index is 0. The third-order valence-electron chi connectivity index (χ3n) is 2.77. The Hall–Kier alpha value is -2.07. The first-order valence-corrected chi connectivity index (χ1v) is 5.79. The van der Waals surface area contributed by atoms with Crippen LogP contribution in [0.25, 0.3) is 0 Å². The van der Waals surface area contributed by atoms with Crippen LogP contribution in [0.1, 0.15) is 11.1 Å². The molecule has 0 saturated carbocycles. The summed E-state index contributed by atoms with van der Waals surface area (Å²) in [6, 6.07) is 11.4. The molecule has 0 saturated heterocycles. The van der Waals surface area contributed by atoms with Crippen molar-refractivity contribution >= 4 is 35.2 Å². The molecule has 0 unspecified atom stereocenters. The van der Waals surface area contributed by atoms with Gasteiger partial charge in [-0.1, -0.05) is 0 Å². The van der Waals surface area contributed by atoms with Gasteiger partial charge in [0.2, 0.25) is 0 Å². The topological polar surface area (TPSA) is 90.1 Å². The van der Waals surface area contributed by atoms with Gasteiger partial charge in [0, 0.05) is 29.3 Å². The zero-order valence-corrected chi connectivity index (χ0v) is 11.6. The zero-order valence-electron chi connectivity index (χ0n) is 10.8. The first-order valence-electron chi connectivity index (χ1n) is 5.79. The monoisotopic (exact) mass is 278 g/mol. The molecule has 2 rings (SSSR count). The molecule has 4 nitrogen and oxygen atoms in total. The van der Waals surface area contributed by atoms with E-state index in [0.29, 0.717) is 17.9 Å². The molecular formula is C14H19ClN4. The SMILES string of the molecule is Cc1cc(N)ccc1NCc1cc(N)cc(N)c1.Cl. The lowest BCUT2D eigenvalue weighted by Gasteiger charge is -2.11. The highest BCUT2D eigenvalue weighted by atomic mass is 35.5. The van der Waals surface area contributed by atoms with Crippen LogP contribution in [0.5, 0.6) is 0 Å². The lowest BCUT2D eigenvalue weighted by atomic mass is 10.1. The smallest absolute Gasteiger partial charge is 0.0402 e. The molecule has 7 N–H and O–H groups in total. The summed E-state index contributed by atoms with van der Waals surface area (Å²) in [6.45, 7) is 2.70. The number of hydrogen-bond acceptors (Lipinski definition) is 4. The van der Waals surface area contributed by atoms with Crippen molar-refractivity contribution in [1.29, 1.82) is 0 Å². The summed E-state index contributed by atoms with van der Waals surface area (Å²) in [5.41, 5.74) is 22.6. The number of anilines is 4. The number of halogens is 1. The van der Waals surface area contributed by atoms with E-state index in [0.717, 1.165) is 22.5 Å². The molecule has 0 atom stereocenters. The highest BCUT2D eigenvalue weighted by Crippen LogP contribution is 2.20. The Bertz CT molecular complexity index is 549. The average molecular weight is 279 g/mol. The van der Waals surface area contributed by atoms with E-state index < -0.39 is 0 Å². The van der Waals surface area contributed by atoms with Gasteiger partial charge < -0.3 is 22.5 Å². The van der Waals surface area contributed by atoms with E-state index in [4.69, 9.17) is 17.2 Å². The van der Waals surface area contributed by atoms with Gasteiger partial charge in [0.15, 0.2) is 0 Å². The van der Waals surface area contributed by atoms with Crippen LogP contribution < -0.4 is 22.5 Å². The summed E-state index contributed by atoms with van der Waals surface area (Å²) < 4.78 is 0. The highest BCUT2D eigenvalue weighted by Gasteiger charge is 2.00. The van der Waals surface area contributed by atoms with E-state index >= 15 is 0 Å². The second-order valence-corrected chi connectivity index (χ2v) is 4.44. The molecule has 0 aromatic heterocycles. The van der Waals surface area contributed by atoms with Crippen molar-refractivity contribution in [2.75, 3.05) is 22.5 Å². The highest BCUT2D eigenvalue weighted by molar-refractivity contribution is 5.85. The standard InChI is InChI=1S/C14H18N4.ClH/c1-9-4-11(15)2-3-14(9)18-8-10-5-12(16)7-13(17)6-10;/h2-7,18H,8,15-17H2,1H3;1H. The Morgan fingerprint density at radius 2 is 1.53 bits per heavy atom. The van der Waals surface area contributed by atoms with Crippen LogP contribution in [0.4, 0.5) is 22.7 Å². The minimum absolute atomic E-state index is 0. The quantitative estimate of drug-likeness (QED) is 0.650. The summed E-state index contributed by atoms with van der Waals surface area (Å²) in [4.78, 5) is 0. The number of nitrogens with one attached hydrogen (secondary N) is 1. The lowest BCUT2D eigenvalue weighted by molar-refractivity contribution is 1.14. The third-order valence-corrected chi connectivity index (χ3v) is 2.77. The third kappa shape index (κ3) is 3.96. The van der Waals surface area contributed by atoms with E-state index in [1.165, 1.54) is 0 Å². The Morgan fingerprint density at radius 1 is 0.895 bits per heavy atom. The molecule has 0 spiro atoms. The fourth-order valence-corrected chi connectivity index (χ4v) is 1.93. The van der Waals surface area contributed by atoms with Gasteiger partial charge in [-0.15, -0.1) is 12.4 Å². The summed E-state index contributed by atoms with van der Waals surface area (Å²) in [6.07, 6.45) is 0. The summed E-state index contributed by atoms with van der Waals surface area (Å²) >= 11 is 0. The largest absolute Gasteiger partial charge is 0.399 e. The van der Waals surface area contributed by atoms with Gasteiger partial charge in [-0.25, -0.2) is 0 Å². The fourth-order valence-electron chi connectivity index (χ4n) is 1.93. The number of hydrogen-bond donors (Lipinski definition) is 4. The maximum atomic E-state index is 5.75. The van der Waals surface area contributed by atoms with Crippen molar-refractivity contribution in [3.8, 4) is 0 Å². The van der Waals surface area contributed by atoms with Crippen LogP contribution in [0, 0.1) is 6.92 Å². The normalized spacial score (nSPS) is 9.74. The number of aryl methyl sites for hydroxylation is 1. The van der Waals surface area contributed by atoms with Gasteiger partial charge in [-0.2, -0.15) is 0 Å². The Balaban J connectivity index is 0.00000180. The van der Waals surface area contributed by atoms with E-state index in [-0.39, 0.29) is 12.4 Å². The molecule has 5 heteroatoms. The molecule has 2 aromatic rings. The van der Waals surface area contributed by atoms with Gasteiger partial charge in [0.1, 0.15) is 0 Å². The molecule has 0 aliphatic heterocycles. The molecule has 19 heavy (non-hydrogen) atoms. The van der Waals surface area contributed by atoms with Crippen LogP contribution in [-0.2, 0) is 6.54 Å². The Labute approximate surface area is 119 Å². The van der Waals surface area contributed by atoms with E-state index in [2.05, 4.69) is 5.32 Å². The van der Waals surface area contributed by atoms with Crippen molar-refractivity contribution in [2.24, 2.45) is 0 Å². The summed E-state index contributed by atoms with van der Waals surface area (Å²) in [5, 5.41) is 3.34. The van der Waals surface area contributed by atoms with E-state index in [9.17, 15) is 0 Å². The second-order valence-electron chi connectivity index (χ2n) is 4.44. The number of rotatable bonds is 3. The fraction of sp³-hybridized carbons (Fsp3) is 0.143. The molecule has 0 amide bonds. The summed E-state index contributed by atoms with van der Waals surface area (Å²) in [5.74, 6) is 0.